The van der Waals surface area contributed by atoms with E-state index in [1.165, 1.54) is 0 Å². The van der Waals surface area contributed by atoms with Crippen LogP contribution in [-0.4, -0.2) is 34.1 Å². The molecule has 23 heavy (non-hydrogen) atoms. The Labute approximate surface area is 135 Å². The van der Waals surface area contributed by atoms with Gasteiger partial charge in [-0.1, -0.05) is 32.9 Å². The van der Waals surface area contributed by atoms with Crippen molar-refractivity contribution in [3.63, 3.8) is 0 Å². The van der Waals surface area contributed by atoms with Crippen molar-refractivity contribution in [1.82, 2.24) is 5.32 Å². The summed E-state index contributed by atoms with van der Waals surface area (Å²) in [6, 6.07) is 5.91. The molecule has 6 heteroatoms. The second-order valence-electron chi connectivity index (χ2n) is 6.48. The summed E-state index contributed by atoms with van der Waals surface area (Å²) in [5, 5.41) is 20.1. The van der Waals surface area contributed by atoms with Gasteiger partial charge in [0, 0.05) is 12.0 Å². The monoisotopic (exact) mass is 321 g/mol. The zero-order valence-corrected chi connectivity index (χ0v) is 13.6. The van der Waals surface area contributed by atoms with E-state index in [4.69, 9.17) is 10.2 Å². The summed E-state index contributed by atoms with van der Waals surface area (Å²) in [5.74, 6) is -2.64. The number of benzene rings is 1. The van der Waals surface area contributed by atoms with E-state index in [9.17, 15) is 14.4 Å². The summed E-state index contributed by atoms with van der Waals surface area (Å²) in [7, 11) is 0. The van der Waals surface area contributed by atoms with E-state index in [2.05, 4.69) is 26.1 Å². The molecule has 3 N–H and O–H groups in total. The van der Waals surface area contributed by atoms with Crippen LogP contribution >= 0.6 is 0 Å². The van der Waals surface area contributed by atoms with Crippen LogP contribution in [-0.2, 0) is 15.0 Å². The van der Waals surface area contributed by atoms with Crippen molar-refractivity contribution in [3.05, 3.63) is 35.4 Å². The lowest BCUT2D eigenvalue weighted by Gasteiger charge is -2.19. The topological polar surface area (TPSA) is 104 Å². The molecule has 0 aliphatic carbocycles. The first-order chi connectivity index (χ1) is 10.6. The van der Waals surface area contributed by atoms with Gasteiger partial charge in [0.15, 0.2) is 0 Å². The minimum atomic E-state index is -1.17. The fourth-order valence-corrected chi connectivity index (χ4v) is 2.08. The Hall–Kier alpha value is -2.37. The third kappa shape index (κ3) is 6.10. The summed E-state index contributed by atoms with van der Waals surface area (Å²) in [6.07, 6.45) is 0.142. The number of nitrogens with one attached hydrogen (secondary N) is 1. The van der Waals surface area contributed by atoms with E-state index in [1.54, 1.807) is 12.1 Å². The first-order valence-corrected chi connectivity index (χ1v) is 7.47. The molecular weight excluding hydrogens is 298 g/mol. The van der Waals surface area contributed by atoms with Gasteiger partial charge in [0.05, 0.1) is 0 Å². The van der Waals surface area contributed by atoms with E-state index in [1.807, 2.05) is 12.1 Å². The van der Waals surface area contributed by atoms with Gasteiger partial charge in [-0.25, -0.2) is 4.79 Å². The first kappa shape index (κ1) is 18.7. The van der Waals surface area contributed by atoms with Crippen LogP contribution in [0.25, 0.3) is 0 Å². The van der Waals surface area contributed by atoms with E-state index < -0.39 is 23.9 Å². The molecule has 0 bridgehead atoms. The van der Waals surface area contributed by atoms with E-state index >= 15 is 0 Å². The van der Waals surface area contributed by atoms with E-state index in [-0.39, 0.29) is 24.7 Å². The zero-order valence-electron chi connectivity index (χ0n) is 13.6. The average Bonchev–Trinajstić information content (AvgIpc) is 2.44. The maximum absolute atomic E-state index is 12.1. The van der Waals surface area contributed by atoms with Crippen LogP contribution in [0.5, 0.6) is 0 Å². The lowest BCUT2D eigenvalue weighted by atomic mass is 9.86. The van der Waals surface area contributed by atoms with Gasteiger partial charge in [-0.3, -0.25) is 9.59 Å². The van der Waals surface area contributed by atoms with Crippen molar-refractivity contribution < 1.29 is 24.6 Å². The molecule has 0 fully saturated rings. The molecule has 1 rings (SSSR count). The Morgan fingerprint density at radius 1 is 1.09 bits per heavy atom. The van der Waals surface area contributed by atoms with E-state index in [0.29, 0.717) is 5.56 Å². The van der Waals surface area contributed by atoms with Gasteiger partial charge in [-0.2, -0.15) is 0 Å². The van der Waals surface area contributed by atoms with Crippen LogP contribution in [0.15, 0.2) is 24.3 Å². The molecule has 6 nitrogen and oxygen atoms in total. The fourth-order valence-electron chi connectivity index (χ4n) is 2.08. The fraction of sp³-hybridized carbons (Fsp3) is 0.471. The van der Waals surface area contributed by atoms with Crippen LogP contribution in [0.3, 0.4) is 0 Å². The smallest absolute Gasteiger partial charge is 0.326 e. The highest BCUT2D eigenvalue weighted by atomic mass is 16.4. The van der Waals surface area contributed by atoms with Crippen LogP contribution in [0, 0.1) is 0 Å². The predicted molar refractivity (Wildman–Crippen MR) is 85.5 cm³/mol. The maximum Gasteiger partial charge on any atom is 0.326 e. The van der Waals surface area contributed by atoms with Crippen molar-refractivity contribution in [1.29, 1.82) is 0 Å². The number of carbonyl (C=O) groups is 3. The number of rotatable bonds is 7. The molecule has 126 valence electrons. The molecule has 0 radical (unpaired) electrons. The van der Waals surface area contributed by atoms with Gasteiger partial charge in [0.2, 0.25) is 0 Å². The molecule has 0 spiro atoms. The highest BCUT2D eigenvalue weighted by Crippen LogP contribution is 2.22. The molecule has 0 heterocycles. The van der Waals surface area contributed by atoms with Crippen LogP contribution in [0.4, 0.5) is 0 Å². The van der Waals surface area contributed by atoms with Crippen LogP contribution in [0.1, 0.15) is 56.0 Å². The van der Waals surface area contributed by atoms with Crippen molar-refractivity contribution in [2.24, 2.45) is 0 Å². The molecule has 0 aromatic heterocycles. The lowest BCUT2D eigenvalue weighted by molar-refractivity contribution is -0.140. The number of carbonyl (C=O) groups excluding carboxylic acids is 1. The molecule has 1 aromatic rings. The number of carboxylic acid groups (broad SMARTS) is 2. The van der Waals surface area contributed by atoms with Crippen molar-refractivity contribution in [2.75, 3.05) is 0 Å². The number of aliphatic carboxylic acids is 2. The normalized spacial score (nSPS) is 12.5. The Balaban J connectivity index is 2.71. The quantitative estimate of drug-likeness (QED) is 0.715. The minimum absolute atomic E-state index is 0.0323. The molecule has 0 saturated heterocycles. The SMILES string of the molecule is CC(C)(C)c1ccc(C(=O)NC(CCCC(=O)O)C(=O)O)cc1. The minimum Gasteiger partial charge on any atom is -0.481 e. The molecule has 0 saturated carbocycles. The van der Waals surface area contributed by atoms with Crippen molar-refractivity contribution >= 4 is 17.8 Å². The molecular formula is C17H23NO5. The average molecular weight is 321 g/mol. The maximum atomic E-state index is 12.1. The number of carboxylic acids is 2. The van der Waals surface area contributed by atoms with Gasteiger partial charge in [0.25, 0.3) is 5.91 Å². The molecule has 1 unspecified atom stereocenters. The zero-order chi connectivity index (χ0) is 17.6. The third-order valence-corrected chi connectivity index (χ3v) is 3.50. The first-order valence-electron chi connectivity index (χ1n) is 7.47. The number of hydrogen-bond donors (Lipinski definition) is 3. The standard InChI is InChI=1S/C17H23NO5/c1-17(2,3)12-9-7-11(8-10-12)15(21)18-13(16(22)23)5-4-6-14(19)20/h7-10,13H,4-6H2,1-3H3,(H,18,21)(H,19,20)(H,22,23). The molecule has 1 aromatic carbocycles. The van der Waals surface area contributed by atoms with E-state index in [0.717, 1.165) is 5.56 Å². The summed E-state index contributed by atoms with van der Waals surface area (Å²) >= 11 is 0. The summed E-state index contributed by atoms with van der Waals surface area (Å²) in [6.45, 7) is 6.18. The van der Waals surface area contributed by atoms with Gasteiger partial charge >= 0.3 is 11.9 Å². The van der Waals surface area contributed by atoms with Gasteiger partial charge in [-0.05, 0) is 36.0 Å². The number of hydrogen-bond acceptors (Lipinski definition) is 3. The molecule has 0 aliphatic heterocycles. The second-order valence-corrected chi connectivity index (χ2v) is 6.48. The van der Waals surface area contributed by atoms with Gasteiger partial charge < -0.3 is 15.5 Å². The van der Waals surface area contributed by atoms with Crippen LogP contribution in [0.2, 0.25) is 0 Å². The molecule has 0 aliphatic rings. The van der Waals surface area contributed by atoms with Crippen molar-refractivity contribution in [2.45, 2.75) is 51.5 Å². The Morgan fingerprint density at radius 3 is 2.09 bits per heavy atom. The number of amides is 1. The highest BCUT2D eigenvalue weighted by Gasteiger charge is 2.21. The summed E-state index contributed by atoms with van der Waals surface area (Å²) in [4.78, 5) is 33.8. The lowest BCUT2D eigenvalue weighted by Crippen LogP contribution is -2.40. The largest absolute Gasteiger partial charge is 0.481 e. The molecule has 1 amide bonds. The Morgan fingerprint density at radius 2 is 1.65 bits per heavy atom. The predicted octanol–water partition coefficient (Wildman–Crippen LogP) is 2.42. The summed E-state index contributed by atoms with van der Waals surface area (Å²) < 4.78 is 0. The van der Waals surface area contributed by atoms with Crippen LogP contribution < -0.4 is 5.32 Å². The summed E-state index contributed by atoms with van der Waals surface area (Å²) in [5.41, 5.74) is 1.42. The second kappa shape index (κ2) is 7.76. The van der Waals surface area contributed by atoms with Crippen molar-refractivity contribution in [3.8, 4) is 0 Å². The van der Waals surface area contributed by atoms with Gasteiger partial charge in [0.1, 0.15) is 6.04 Å². The third-order valence-electron chi connectivity index (χ3n) is 3.50. The Kier molecular flexibility index (Phi) is 6.30. The molecule has 1 atom stereocenters. The Bertz CT molecular complexity index is 572. The van der Waals surface area contributed by atoms with Gasteiger partial charge in [-0.15, -0.1) is 0 Å². The highest BCUT2D eigenvalue weighted by molar-refractivity contribution is 5.96.